The number of hydrogen-bond donors (Lipinski definition) is 0. The quantitative estimate of drug-likeness (QED) is 0.301. The Balaban J connectivity index is 2.56. The highest BCUT2D eigenvalue weighted by molar-refractivity contribution is 4.44. The maximum atomic E-state index is 4.78. The Kier molecular flexibility index (Phi) is 5.11. The summed E-state index contributed by atoms with van der Waals surface area (Å²) in [5.41, 5.74) is 0. The van der Waals surface area contributed by atoms with Gasteiger partial charge < -0.3 is 9.47 Å². The average molecular weight is 102 g/mol. The van der Waals surface area contributed by atoms with Gasteiger partial charge in [-0.1, -0.05) is 6.58 Å². The van der Waals surface area contributed by atoms with Crippen molar-refractivity contribution in [2.45, 2.75) is 6.92 Å². The van der Waals surface area contributed by atoms with E-state index in [2.05, 4.69) is 11.3 Å². The molecule has 7 heavy (non-hydrogen) atoms. The standard InChI is InChI=1S/C5H10O2/c1-3-6-5-7-4-2/h3H,1,4-5H2,2H3. The molecule has 0 aliphatic carbocycles. The summed E-state index contributed by atoms with van der Waals surface area (Å²) >= 11 is 0. The van der Waals surface area contributed by atoms with Crippen molar-refractivity contribution in [3.63, 3.8) is 0 Å². The summed E-state index contributed by atoms with van der Waals surface area (Å²) in [6.07, 6.45) is 1.36. The van der Waals surface area contributed by atoms with Crippen LogP contribution in [0.25, 0.3) is 0 Å². The predicted molar refractivity (Wildman–Crippen MR) is 27.8 cm³/mol. The molecular formula is C5H10O2. The lowest BCUT2D eigenvalue weighted by Gasteiger charge is -1.96. The maximum absolute atomic E-state index is 4.78. The molecule has 0 rings (SSSR count). The molecule has 0 unspecified atom stereocenters. The van der Waals surface area contributed by atoms with Crippen molar-refractivity contribution in [1.29, 1.82) is 0 Å². The highest BCUT2D eigenvalue weighted by atomic mass is 16.7. The fourth-order valence-corrected chi connectivity index (χ4v) is 0.180. The van der Waals surface area contributed by atoms with Gasteiger partial charge in [0.05, 0.1) is 6.26 Å². The van der Waals surface area contributed by atoms with Crippen LogP contribution in [-0.4, -0.2) is 13.4 Å². The molecule has 42 valence electrons. The van der Waals surface area contributed by atoms with Gasteiger partial charge in [0.1, 0.15) is 0 Å². The lowest BCUT2D eigenvalue weighted by molar-refractivity contribution is -0.00473. The van der Waals surface area contributed by atoms with Crippen LogP contribution >= 0.6 is 0 Å². The first-order valence-electron chi connectivity index (χ1n) is 2.22. The molecule has 0 saturated heterocycles. The lowest BCUT2D eigenvalue weighted by Crippen LogP contribution is -1.92. The van der Waals surface area contributed by atoms with E-state index in [1.165, 1.54) is 6.26 Å². The monoisotopic (exact) mass is 102 g/mol. The zero-order valence-electron chi connectivity index (χ0n) is 4.52. The van der Waals surface area contributed by atoms with Gasteiger partial charge in [0.15, 0.2) is 6.79 Å². The minimum atomic E-state index is 0.319. The van der Waals surface area contributed by atoms with Crippen molar-refractivity contribution in [3.8, 4) is 0 Å². The number of ether oxygens (including phenoxy) is 2. The second-order valence-electron chi connectivity index (χ2n) is 0.944. The molecule has 0 heterocycles. The van der Waals surface area contributed by atoms with Gasteiger partial charge in [-0.15, -0.1) is 0 Å². The fourth-order valence-electron chi connectivity index (χ4n) is 0.180. The van der Waals surface area contributed by atoms with Crippen molar-refractivity contribution < 1.29 is 9.47 Å². The molecule has 2 heteroatoms. The summed E-state index contributed by atoms with van der Waals surface area (Å²) in [5.74, 6) is 0. The third kappa shape index (κ3) is 5.50. The van der Waals surface area contributed by atoms with E-state index < -0.39 is 0 Å². The molecule has 0 spiro atoms. The van der Waals surface area contributed by atoms with Gasteiger partial charge in [-0.05, 0) is 6.92 Å². The largest absolute Gasteiger partial charge is 0.476 e. The van der Waals surface area contributed by atoms with Crippen molar-refractivity contribution in [1.82, 2.24) is 0 Å². The molecule has 0 amide bonds. The van der Waals surface area contributed by atoms with E-state index >= 15 is 0 Å². The summed E-state index contributed by atoms with van der Waals surface area (Å²) in [6.45, 7) is 6.25. The number of rotatable bonds is 4. The molecule has 0 aromatic carbocycles. The molecule has 2 nitrogen and oxygen atoms in total. The molecule has 0 N–H and O–H groups in total. The third-order valence-electron chi connectivity index (χ3n) is 0.473. The highest BCUT2D eigenvalue weighted by Crippen LogP contribution is 1.74. The first-order chi connectivity index (χ1) is 3.41. The third-order valence-corrected chi connectivity index (χ3v) is 0.473. The molecule has 0 saturated carbocycles. The van der Waals surface area contributed by atoms with Crippen LogP contribution in [-0.2, 0) is 9.47 Å². The molecule has 0 aromatic rings. The Morgan fingerprint density at radius 3 is 2.86 bits per heavy atom. The Morgan fingerprint density at radius 1 is 1.71 bits per heavy atom. The second-order valence-corrected chi connectivity index (χ2v) is 0.944. The molecule has 0 radical (unpaired) electrons. The Labute approximate surface area is 43.7 Å². The summed E-state index contributed by atoms with van der Waals surface area (Å²) in [5, 5.41) is 0. The van der Waals surface area contributed by atoms with Crippen LogP contribution in [0.2, 0.25) is 0 Å². The Bertz CT molecular complexity index is 43.3. The summed E-state index contributed by atoms with van der Waals surface area (Å²) < 4.78 is 9.40. The molecule has 0 aliphatic rings. The molecule has 0 aromatic heterocycles. The van der Waals surface area contributed by atoms with E-state index in [9.17, 15) is 0 Å². The van der Waals surface area contributed by atoms with Gasteiger partial charge in [0, 0.05) is 6.61 Å². The van der Waals surface area contributed by atoms with Crippen LogP contribution in [0.1, 0.15) is 6.92 Å². The average Bonchev–Trinajstić information content (AvgIpc) is 1.69. The van der Waals surface area contributed by atoms with Gasteiger partial charge in [0.25, 0.3) is 0 Å². The zero-order valence-corrected chi connectivity index (χ0v) is 4.52. The molecule has 0 atom stereocenters. The van der Waals surface area contributed by atoms with Gasteiger partial charge in [0.2, 0.25) is 0 Å². The first kappa shape index (κ1) is 6.50. The zero-order chi connectivity index (χ0) is 5.54. The fraction of sp³-hybridized carbons (Fsp3) is 0.600. The number of hydrogen-bond acceptors (Lipinski definition) is 2. The van der Waals surface area contributed by atoms with E-state index in [0.29, 0.717) is 13.4 Å². The molecule has 0 bridgehead atoms. The van der Waals surface area contributed by atoms with Gasteiger partial charge >= 0.3 is 0 Å². The molecule has 0 fully saturated rings. The first-order valence-corrected chi connectivity index (χ1v) is 2.22. The second kappa shape index (κ2) is 5.50. The highest BCUT2D eigenvalue weighted by Gasteiger charge is 1.73. The molecular weight excluding hydrogens is 92.1 g/mol. The van der Waals surface area contributed by atoms with E-state index in [4.69, 9.17) is 4.74 Å². The van der Waals surface area contributed by atoms with Crippen molar-refractivity contribution in [2.75, 3.05) is 13.4 Å². The van der Waals surface area contributed by atoms with Crippen LogP contribution in [0.4, 0.5) is 0 Å². The summed E-state index contributed by atoms with van der Waals surface area (Å²) in [7, 11) is 0. The normalized spacial score (nSPS) is 8.14. The Hall–Kier alpha value is -0.500. The maximum Gasteiger partial charge on any atom is 0.188 e. The molecule has 0 aliphatic heterocycles. The minimum absolute atomic E-state index is 0.319. The lowest BCUT2D eigenvalue weighted by atomic mass is 10.9. The van der Waals surface area contributed by atoms with E-state index in [0.717, 1.165) is 0 Å². The Morgan fingerprint density at radius 2 is 2.43 bits per heavy atom. The van der Waals surface area contributed by atoms with Crippen LogP contribution < -0.4 is 0 Å². The smallest absolute Gasteiger partial charge is 0.188 e. The van der Waals surface area contributed by atoms with E-state index in [-0.39, 0.29) is 0 Å². The van der Waals surface area contributed by atoms with E-state index in [1.54, 1.807) is 0 Å². The van der Waals surface area contributed by atoms with Crippen molar-refractivity contribution in [3.05, 3.63) is 12.8 Å². The van der Waals surface area contributed by atoms with Crippen molar-refractivity contribution >= 4 is 0 Å². The van der Waals surface area contributed by atoms with Gasteiger partial charge in [-0.2, -0.15) is 0 Å². The summed E-state index contributed by atoms with van der Waals surface area (Å²) in [4.78, 5) is 0. The van der Waals surface area contributed by atoms with Crippen LogP contribution in [0.5, 0.6) is 0 Å². The SMILES string of the molecule is C=COCOCC. The predicted octanol–water partition coefficient (Wildman–Crippen LogP) is 1.14. The van der Waals surface area contributed by atoms with Crippen LogP contribution in [0.3, 0.4) is 0 Å². The topological polar surface area (TPSA) is 18.5 Å². The van der Waals surface area contributed by atoms with Crippen LogP contribution in [0.15, 0.2) is 12.8 Å². The van der Waals surface area contributed by atoms with Crippen molar-refractivity contribution in [2.24, 2.45) is 0 Å². The summed E-state index contributed by atoms with van der Waals surface area (Å²) in [6, 6.07) is 0. The van der Waals surface area contributed by atoms with Crippen LogP contribution in [0, 0.1) is 0 Å². The van der Waals surface area contributed by atoms with E-state index in [1.807, 2.05) is 6.92 Å². The van der Waals surface area contributed by atoms with Gasteiger partial charge in [-0.25, -0.2) is 0 Å². The van der Waals surface area contributed by atoms with Gasteiger partial charge in [-0.3, -0.25) is 0 Å². The minimum Gasteiger partial charge on any atom is -0.476 e.